The first kappa shape index (κ1) is 15.0. The number of carbonyl (C=O) groups excluding carboxylic acids is 1. The normalized spacial score (nSPS) is 12.2. The molecule has 0 aliphatic heterocycles. The maximum Gasteiger partial charge on any atom is 0.337 e. The number of aliphatic hydroxyl groups excluding tert-OH is 1. The second-order valence-electron chi connectivity index (χ2n) is 4.10. The van der Waals surface area contributed by atoms with Gasteiger partial charge < -0.3 is 9.84 Å². The maximum absolute atomic E-state index is 13.7. The molecule has 0 aromatic heterocycles. The number of benzene rings is 1. The van der Waals surface area contributed by atoms with Crippen molar-refractivity contribution in [3.8, 4) is 0 Å². The summed E-state index contributed by atoms with van der Waals surface area (Å²) in [6, 6.07) is 4.34. The SMILES string of the molecule is COC(=O)c1ccc(CSCC(C)CO)c(F)c1. The smallest absolute Gasteiger partial charge is 0.337 e. The Labute approximate surface area is 110 Å². The zero-order valence-corrected chi connectivity index (χ0v) is 11.3. The van der Waals surface area contributed by atoms with Crippen molar-refractivity contribution in [1.29, 1.82) is 0 Å². The van der Waals surface area contributed by atoms with Gasteiger partial charge in [-0.1, -0.05) is 13.0 Å². The van der Waals surface area contributed by atoms with Crippen molar-refractivity contribution < 1.29 is 19.0 Å². The van der Waals surface area contributed by atoms with Gasteiger partial charge in [-0.3, -0.25) is 0 Å². The minimum atomic E-state index is -0.540. The Bertz CT molecular complexity index is 409. The van der Waals surface area contributed by atoms with Crippen molar-refractivity contribution >= 4 is 17.7 Å². The second-order valence-corrected chi connectivity index (χ2v) is 5.13. The number of esters is 1. The molecule has 0 saturated carbocycles. The third-order valence-electron chi connectivity index (χ3n) is 2.45. The van der Waals surface area contributed by atoms with Crippen LogP contribution in [0.4, 0.5) is 4.39 Å². The zero-order valence-electron chi connectivity index (χ0n) is 10.5. The molecular weight excluding hydrogens is 255 g/mol. The molecule has 1 unspecified atom stereocenters. The minimum Gasteiger partial charge on any atom is -0.465 e. The number of ether oxygens (including phenoxy) is 1. The van der Waals surface area contributed by atoms with Crippen molar-refractivity contribution in [2.75, 3.05) is 19.5 Å². The molecule has 0 aliphatic carbocycles. The molecule has 0 radical (unpaired) electrons. The fourth-order valence-corrected chi connectivity index (χ4v) is 2.41. The first-order valence-electron chi connectivity index (χ1n) is 5.63. The molecule has 0 saturated heterocycles. The van der Waals surface area contributed by atoms with E-state index in [-0.39, 0.29) is 18.1 Å². The van der Waals surface area contributed by atoms with Crippen molar-refractivity contribution in [2.24, 2.45) is 5.92 Å². The first-order valence-corrected chi connectivity index (χ1v) is 6.79. The van der Waals surface area contributed by atoms with E-state index in [0.29, 0.717) is 11.3 Å². The van der Waals surface area contributed by atoms with Crippen LogP contribution in [0, 0.1) is 11.7 Å². The van der Waals surface area contributed by atoms with Crippen LogP contribution in [0.1, 0.15) is 22.8 Å². The number of carbonyl (C=O) groups is 1. The third kappa shape index (κ3) is 4.31. The van der Waals surface area contributed by atoms with E-state index in [4.69, 9.17) is 5.11 Å². The highest BCUT2D eigenvalue weighted by atomic mass is 32.2. The summed E-state index contributed by atoms with van der Waals surface area (Å²) in [5.41, 5.74) is 0.769. The van der Waals surface area contributed by atoms with Crippen LogP contribution in [-0.4, -0.2) is 30.5 Å². The van der Waals surface area contributed by atoms with E-state index in [0.717, 1.165) is 5.75 Å². The summed E-state index contributed by atoms with van der Waals surface area (Å²) in [6.07, 6.45) is 0. The Morgan fingerprint density at radius 1 is 1.56 bits per heavy atom. The summed E-state index contributed by atoms with van der Waals surface area (Å²) in [7, 11) is 1.26. The number of hydrogen-bond donors (Lipinski definition) is 1. The highest BCUT2D eigenvalue weighted by Crippen LogP contribution is 2.19. The molecule has 0 aliphatic rings. The molecule has 18 heavy (non-hydrogen) atoms. The fourth-order valence-electron chi connectivity index (χ4n) is 1.33. The number of aliphatic hydroxyl groups is 1. The molecule has 0 heterocycles. The Hall–Kier alpha value is -1.07. The zero-order chi connectivity index (χ0) is 13.5. The predicted molar refractivity (Wildman–Crippen MR) is 70.2 cm³/mol. The molecule has 0 spiro atoms. The molecule has 0 fully saturated rings. The van der Waals surface area contributed by atoms with Crippen LogP contribution < -0.4 is 0 Å². The highest BCUT2D eigenvalue weighted by Gasteiger charge is 2.10. The number of halogens is 1. The standard InChI is InChI=1S/C13H17FO3S/c1-9(6-15)7-18-8-11-4-3-10(5-12(11)14)13(16)17-2/h3-5,9,15H,6-8H2,1-2H3. The van der Waals surface area contributed by atoms with Gasteiger partial charge in [-0.25, -0.2) is 9.18 Å². The van der Waals surface area contributed by atoms with E-state index in [9.17, 15) is 9.18 Å². The fraction of sp³-hybridized carbons (Fsp3) is 0.462. The largest absolute Gasteiger partial charge is 0.465 e. The van der Waals surface area contributed by atoms with E-state index in [1.807, 2.05) is 6.92 Å². The quantitative estimate of drug-likeness (QED) is 0.808. The minimum absolute atomic E-state index is 0.136. The molecule has 1 rings (SSSR count). The lowest BCUT2D eigenvalue weighted by molar-refractivity contribution is 0.0600. The number of methoxy groups -OCH3 is 1. The summed E-state index contributed by atoms with van der Waals surface area (Å²) in [5.74, 6) is 0.559. The van der Waals surface area contributed by atoms with Crippen molar-refractivity contribution in [1.82, 2.24) is 0 Å². The van der Waals surface area contributed by atoms with E-state index >= 15 is 0 Å². The van der Waals surface area contributed by atoms with Gasteiger partial charge in [0.25, 0.3) is 0 Å². The lowest BCUT2D eigenvalue weighted by atomic mass is 10.1. The summed E-state index contributed by atoms with van der Waals surface area (Å²) < 4.78 is 18.2. The summed E-state index contributed by atoms with van der Waals surface area (Å²) in [4.78, 5) is 11.2. The van der Waals surface area contributed by atoms with Gasteiger partial charge in [0.05, 0.1) is 12.7 Å². The topological polar surface area (TPSA) is 46.5 Å². The molecule has 1 aromatic carbocycles. The van der Waals surface area contributed by atoms with Gasteiger partial charge >= 0.3 is 5.97 Å². The van der Waals surface area contributed by atoms with Crippen LogP contribution in [0.15, 0.2) is 18.2 Å². The van der Waals surface area contributed by atoms with Crippen LogP contribution in [0.2, 0.25) is 0 Å². The van der Waals surface area contributed by atoms with E-state index in [1.165, 1.54) is 13.2 Å². The molecule has 1 aromatic rings. The molecular formula is C13H17FO3S. The highest BCUT2D eigenvalue weighted by molar-refractivity contribution is 7.98. The van der Waals surface area contributed by atoms with Crippen LogP contribution in [-0.2, 0) is 10.5 Å². The van der Waals surface area contributed by atoms with Crippen LogP contribution in [0.3, 0.4) is 0 Å². The molecule has 5 heteroatoms. The summed E-state index contributed by atoms with van der Waals surface area (Å²) >= 11 is 1.56. The summed E-state index contributed by atoms with van der Waals surface area (Å²) in [6.45, 7) is 2.07. The monoisotopic (exact) mass is 272 g/mol. The third-order valence-corrected chi connectivity index (χ3v) is 3.77. The molecule has 1 atom stereocenters. The lowest BCUT2D eigenvalue weighted by Gasteiger charge is -2.08. The van der Waals surface area contributed by atoms with Gasteiger partial charge in [0, 0.05) is 12.4 Å². The van der Waals surface area contributed by atoms with Crippen molar-refractivity contribution in [3.63, 3.8) is 0 Å². The Kier molecular flexibility index (Phi) is 6.15. The van der Waals surface area contributed by atoms with Gasteiger partial charge in [0.15, 0.2) is 0 Å². The number of rotatable bonds is 6. The Morgan fingerprint density at radius 2 is 2.28 bits per heavy atom. The average Bonchev–Trinajstić information content (AvgIpc) is 2.39. The molecule has 1 N–H and O–H groups in total. The first-order chi connectivity index (χ1) is 8.58. The molecule has 0 amide bonds. The Morgan fingerprint density at radius 3 is 2.83 bits per heavy atom. The van der Waals surface area contributed by atoms with Crippen molar-refractivity contribution in [3.05, 3.63) is 35.1 Å². The van der Waals surface area contributed by atoms with E-state index in [2.05, 4.69) is 4.74 Å². The van der Waals surface area contributed by atoms with Crippen LogP contribution in [0.5, 0.6) is 0 Å². The van der Waals surface area contributed by atoms with E-state index in [1.54, 1.807) is 23.9 Å². The number of hydrogen-bond acceptors (Lipinski definition) is 4. The van der Waals surface area contributed by atoms with Gasteiger partial charge in [-0.15, -0.1) is 0 Å². The van der Waals surface area contributed by atoms with Gasteiger partial charge in [-0.05, 0) is 29.4 Å². The Balaban J connectivity index is 2.60. The summed E-state index contributed by atoms with van der Waals surface area (Å²) in [5, 5.41) is 8.87. The predicted octanol–water partition coefficient (Wildman–Crippen LogP) is 2.47. The van der Waals surface area contributed by atoms with Crippen molar-refractivity contribution in [2.45, 2.75) is 12.7 Å². The molecule has 0 bridgehead atoms. The number of thioether (sulfide) groups is 1. The maximum atomic E-state index is 13.7. The second kappa shape index (κ2) is 7.38. The lowest BCUT2D eigenvalue weighted by Crippen LogP contribution is -2.05. The average molecular weight is 272 g/mol. The molecule has 100 valence electrons. The van der Waals surface area contributed by atoms with E-state index < -0.39 is 11.8 Å². The van der Waals surface area contributed by atoms with Gasteiger partial charge in [0.1, 0.15) is 5.82 Å². The van der Waals surface area contributed by atoms with Crippen LogP contribution >= 0.6 is 11.8 Å². The van der Waals surface area contributed by atoms with Crippen LogP contribution in [0.25, 0.3) is 0 Å². The molecule has 3 nitrogen and oxygen atoms in total. The van der Waals surface area contributed by atoms with Gasteiger partial charge in [-0.2, -0.15) is 11.8 Å². The van der Waals surface area contributed by atoms with Gasteiger partial charge in [0.2, 0.25) is 0 Å².